The van der Waals surface area contributed by atoms with Crippen molar-refractivity contribution in [1.29, 1.82) is 0 Å². The number of aromatic nitrogens is 2. The first-order valence-electron chi connectivity index (χ1n) is 5.09. The highest BCUT2D eigenvalue weighted by molar-refractivity contribution is 6.30. The maximum atomic E-state index is 10.9. The monoisotopic (exact) mass is 267 g/mol. The Morgan fingerprint density at radius 2 is 2.11 bits per heavy atom. The molecule has 0 atom stereocenters. The van der Waals surface area contributed by atoms with Gasteiger partial charge in [0.05, 0.1) is 13.7 Å². The normalized spacial score (nSPS) is 10.1. The summed E-state index contributed by atoms with van der Waals surface area (Å²) < 4.78 is 9.79. The van der Waals surface area contributed by atoms with E-state index in [1.807, 2.05) is 0 Å². The molecule has 0 radical (unpaired) electrons. The van der Waals surface area contributed by atoms with Crippen LogP contribution in [0.1, 0.15) is 5.89 Å². The predicted molar refractivity (Wildman–Crippen MR) is 64.0 cm³/mol. The van der Waals surface area contributed by atoms with Crippen LogP contribution in [-0.4, -0.2) is 23.4 Å². The van der Waals surface area contributed by atoms with Crippen molar-refractivity contribution in [2.45, 2.75) is 6.54 Å². The summed E-state index contributed by atoms with van der Waals surface area (Å²) in [4.78, 5) is 10.9. The highest BCUT2D eigenvalue weighted by atomic mass is 35.5. The van der Waals surface area contributed by atoms with Gasteiger partial charge in [-0.2, -0.15) is 0 Å². The van der Waals surface area contributed by atoms with E-state index in [1.54, 1.807) is 24.3 Å². The molecule has 1 N–H and O–H groups in total. The van der Waals surface area contributed by atoms with Crippen molar-refractivity contribution < 1.29 is 13.9 Å². The van der Waals surface area contributed by atoms with Gasteiger partial charge in [-0.25, -0.2) is 4.79 Å². The Kier molecular flexibility index (Phi) is 3.78. The quantitative estimate of drug-likeness (QED) is 0.923. The average molecular weight is 268 g/mol. The summed E-state index contributed by atoms with van der Waals surface area (Å²) in [6.07, 6.45) is -0.554. The number of nitrogens with one attached hydrogen (secondary N) is 1. The van der Waals surface area contributed by atoms with Crippen molar-refractivity contribution in [3.8, 4) is 11.5 Å². The van der Waals surface area contributed by atoms with Crippen LogP contribution >= 0.6 is 11.6 Å². The molecule has 0 bridgehead atoms. The van der Waals surface area contributed by atoms with Gasteiger partial charge in [0.25, 0.3) is 0 Å². The van der Waals surface area contributed by atoms with Crippen LogP contribution < -0.4 is 5.32 Å². The standard InChI is InChI=1S/C11H10ClN3O3/c1-17-11(16)13-6-9-14-15-10(18-9)7-2-4-8(12)5-3-7/h2-5H,6H2,1H3,(H,13,16). The van der Waals surface area contributed by atoms with E-state index in [2.05, 4.69) is 20.3 Å². The van der Waals surface area contributed by atoms with E-state index in [0.717, 1.165) is 5.56 Å². The van der Waals surface area contributed by atoms with Crippen LogP contribution in [0.4, 0.5) is 4.79 Å². The zero-order chi connectivity index (χ0) is 13.0. The number of carbonyl (C=O) groups is 1. The highest BCUT2D eigenvalue weighted by Gasteiger charge is 2.09. The van der Waals surface area contributed by atoms with E-state index in [4.69, 9.17) is 16.0 Å². The van der Waals surface area contributed by atoms with E-state index in [-0.39, 0.29) is 6.54 Å². The first-order chi connectivity index (χ1) is 8.69. The van der Waals surface area contributed by atoms with E-state index in [0.29, 0.717) is 16.8 Å². The minimum atomic E-state index is -0.554. The Morgan fingerprint density at radius 1 is 1.39 bits per heavy atom. The summed E-state index contributed by atoms with van der Waals surface area (Å²) in [5.41, 5.74) is 0.760. The Morgan fingerprint density at radius 3 is 2.78 bits per heavy atom. The summed E-state index contributed by atoms with van der Waals surface area (Å²) in [7, 11) is 1.28. The third-order valence-electron chi connectivity index (χ3n) is 2.13. The predicted octanol–water partition coefficient (Wildman–Crippen LogP) is 2.25. The maximum Gasteiger partial charge on any atom is 0.407 e. The van der Waals surface area contributed by atoms with Crippen molar-refractivity contribution in [3.63, 3.8) is 0 Å². The van der Waals surface area contributed by atoms with Gasteiger partial charge in [-0.05, 0) is 24.3 Å². The second-order valence-corrected chi connectivity index (χ2v) is 3.79. The molecule has 1 amide bonds. The maximum absolute atomic E-state index is 10.9. The lowest BCUT2D eigenvalue weighted by molar-refractivity contribution is 0.169. The molecule has 0 aliphatic carbocycles. The fourth-order valence-corrected chi connectivity index (χ4v) is 1.38. The van der Waals surface area contributed by atoms with Gasteiger partial charge in [0.1, 0.15) is 0 Å². The van der Waals surface area contributed by atoms with Gasteiger partial charge in [-0.3, -0.25) is 0 Å². The van der Waals surface area contributed by atoms with Crippen molar-refractivity contribution in [2.75, 3.05) is 7.11 Å². The van der Waals surface area contributed by atoms with Gasteiger partial charge < -0.3 is 14.5 Å². The molecule has 1 aromatic carbocycles. The number of hydrogen-bond acceptors (Lipinski definition) is 5. The number of nitrogens with zero attached hydrogens (tertiary/aromatic N) is 2. The smallest absolute Gasteiger partial charge is 0.407 e. The van der Waals surface area contributed by atoms with Crippen LogP contribution in [-0.2, 0) is 11.3 Å². The Labute approximate surface area is 108 Å². The van der Waals surface area contributed by atoms with Crippen LogP contribution in [0.3, 0.4) is 0 Å². The zero-order valence-electron chi connectivity index (χ0n) is 9.51. The van der Waals surface area contributed by atoms with Gasteiger partial charge >= 0.3 is 6.09 Å². The molecule has 0 spiro atoms. The number of carbonyl (C=O) groups excluding carboxylic acids is 1. The fourth-order valence-electron chi connectivity index (χ4n) is 1.25. The summed E-state index contributed by atoms with van der Waals surface area (Å²) in [5, 5.41) is 10.7. The van der Waals surface area contributed by atoms with Gasteiger partial charge in [0.2, 0.25) is 11.8 Å². The van der Waals surface area contributed by atoms with Gasteiger partial charge in [-0.1, -0.05) is 11.6 Å². The molecule has 0 aliphatic heterocycles. The Bertz CT molecular complexity index is 539. The number of hydrogen-bond donors (Lipinski definition) is 1. The molecule has 0 saturated heterocycles. The molecule has 2 aromatic rings. The van der Waals surface area contributed by atoms with Crippen LogP contribution in [0.15, 0.2) is 28.7 Å². The van der Waals surface area contributed by atoms with E-state index in [1.165, 1.54) is 7.11 Å². The molecule has 7 heteroatoms. The summed E-state index contributed by atoms with van der Waals surface area (Å²) in [6, 6.07) is 7.00. The number of ether oxygens (including phenoxy) is 1. The van der Waals surface area contributed by atoms with Gasteiger partial charge in [0, 0.05) is 10.6 Å². The topological polar surface area (TPSA) is 77.2 Å². The third kappa shape index (κ3) is 2.98. The zero-order valence-corrected chi connectivity index (χ0v) is 10.3. The number of alkyl carbamates (subject to hydrolysis) is 1. The van der Waals surface area contributed by atoms with Crippen LogP contribution in [0.5, 0.6) is 0 Å². The number of rotatable bonds is 3. The largest absolute Gasteiger partial charge is 0.453 e. The second kappa shape index (κ2) is 5.50. The van der Waals surface area contributed by atoms with E-state index < -0.39 is 6.09 Å². The lowest BCUT2D eigenvalue weighted by Crippen LogP contribution is -2.22. The molecule has 94 valence electrons. The molecule has 18 heavy (non-hydrogen) atoms. The molecule has 0 fully saturated rings. The second-order valence-electron chi connectivity index (χ2n) is 3.35. The van der Waals surface area contributed by atoms with Gasteiger partial charge in [0.15, 0.2) is 0 Å². The Balaban J connectivity index is 2.06. The summed E-state index contributed by atoms with van der Waals surface area (Å²) in [5.74, 6) is 0.665. The molecular weight excluding hydrogens is 258 g/mol. The number of amides is 1. The summed E-state index contributed by atoms with van der Waals surface area (Å²) in [6.45, 7) is 0.118. The average Bonchev–Trinajstić information content (AvgIpc) is 2.85. The first-order valence-corrected chi connectivity index (χ1v) is 5.47. The molecular formula is C11H10ClN3O3. The van der Waals surface area contributed by atoms with Crippen LogP contribution in [0.25, 0.3) is 11.5 Å². The minimum absolute atomic E-state index is 0.118. The fraction of sp³-hybridized carbons (Fsp3) is 0.182. The van der Waals surface area contributed by atoms with Crippen molar-refractivity contribution >= 4 is 17.7 Å². The molecule has 2 rings (SSSR count). The number of halogens is 1. The lowest BCUT2D eigenvalue weighted by atomic mass is 10.2. The van der Waals surface area contributed by atoms with Crippen LogP contribution in [0, 0.1) is 0 Å². The minimum Gasteiger partial charge on any atom is -0.453 e. The van der Waals surface area contributed by atoms with Crippen molar-refractivity contribution in [3.05, 3.63) is 35.2 Å². The SMILES string of the molecule is COC(=O)NCc1nnc(-c2ccc(Cl)cc2)o1. The molecule has 0 unspecified atom stereocenters. The molecule has 1 aromatic heterocycles. The number of methoxy groups -OCH3 is 1. The van der Waals surface area contributed by atoms with Crippen molar-refractivity contribution in [2.24, 2.45) is 0 Å². The summed E-state index contributed by atoms with van der Waals surface area (Å²) >= 11 is 5.78. The lowest BCUT2D eigenvalue weighted by Gasteiger charge is -1.98. The third-order valence-corrected chi connectivity index (χ3v) is 2.38. The molecule has 6 nitrogen and oxygen atoms in total. The van der Waals surface area contributed by atoms with Gasteiger partial charge in [-0.15, -0.1) is 10.2 Å². The molecule has 0 saturated carbocycles. The van der Waals surface area contributed by atoms with Crippen LogP contribution in [0.2, 0.25) is 5.02 Å². The molecule has 0 aliphatic rings. The van der Waals surface area contributed by atoms with E-state index >= 15 is 0 Å². The highest BCUT2D eigenvalue weighted by Crippen LogP contribution is 2.19. The number of benzene rings is 1. The van der Waals surface area contributed by atoms with E-state index in [9.17, 15) is 4.79 Å². The first kappa shape index (κ1) is 12.4. The van der Waals surface area contributed by atoms with Crippen molar-refractivity contribution in [1.82, 2.24) is 15.5 Å². The molecule has 1 heterocycles. The Hall–Kier alpha value is -2.08.